The standard InChI is InChI=1S/C39H56O12/c1-22(2)23-12-17-39(21-50-33(44)30(41)47-8)19-18-37(5)24(28(23)39)10-11-26-35(3)15-14-27(51-34(45)31(42)48-9)36(4,20-49-32(43)29(40)46-7)25(35)13-16-38(26,37)6/h23-28H,1,10-21H2,2-9H3/t23-,24+,25+,26+,27-,28+,35-,36-,37+,38+,39+/m0/s1. The molecule has 5 aliphatic rings. The molecule has 0 aliphatic heterocycles. The molecule has 5 rings (SSSR count). The van der Waals surface area contributed by atoms with Crippen LogP contribution in [0, 0.1) is 56.7 Å². The molecule has 0 aromatic rings. The Morgan fingerprint density at radius 3 is 1.78 bits per heavy atom. The van der Waals surface area contributed by atoms with Crippen molar-refractivity contribution in [3.8, 4) is 0 Å². The van der Waals surface area contributed by atoms with Gasteiger partial charge in [-0.25, -0.2) is 28.8 Å². The minimum atomic E-state index is -1.12. The van der Waals surface area contributed by atoms with E-state index in [0.717, 1.165) is 77.6 Å². The summed E-state index contributed by atoms with van der Waals surface area (Å²) < 4.78 is 30.9. The molecule has 0 saturated heterocycles. The van der Waals surface area contributed by atoms with Crippen molar-refractivity contribution in [2.24, 2.45) is 56.7 Å². The van der Waals surface area contributed by atoms with Gasteiger partial charge in [-0.2, -0.15) is 0 Å². The molecule has 5 aliphatic carbocycles. The maximum Gasteiger partial charge on any atom is 0.417 e. The number of rotatable bonds is 6. The van der Waals surface area contributed by atoms with Gasteiger partial charge in [0.1, 0.15) is 12.7 Å². The van der Waals surface area contributed by atoms with Gasteiger partial charge in [0.2, 0.25) is 0 Å². The molecule has 51 heavy (non-hydrogen) atoms. The second-order valence-corrected chi connectivity index (χ2v) is 17.1. The van der Waals surface area contributed by atoms with E-state index in [1.54, 1.807) is 0 Å². The van der Waals surface area contributed by atoms with Crippen LogP contribution in [0.25, 0.3) is 0 Å². The highest BCUT2D eigenvalue weighted by molar-refractivity contribution is 6.30. The van der Waals surface area contributed by atoms with E-state index in [1.165, 1.54) is 7.11 Å². The third-order valence-corrected chi connectivity index (χ3v) is 15.3. The zero-order valence-electron chi connectivity index (χ0n) is 31.6. The summed E-state index contributed by atoms with van der Waals surface area (Å²) in [6.45, 7) is 15.7. The van der Waals surface area contributed by atoms with Crippen molar-refractivity contribution in [1.82, 2.24) is 0 Å². The van der Waals surface area contributed by atoms with E-state index in [0.29, 0.717) is 12.3 Å². The fourth-order valence-electron chi connectivity index (χ4n) is 12.7. The van der Waals surface area contributed by atoms with E-state index in [1.807, 2.05) is 6.92 Å². The molecule has 0 aromatic carbocycles. The molecule has 0 N–H and O–H groups in total. The SMILES string of the molecule is C=C(C)[C@@H]1CC[C@]2(COC(=O)C(=O)OC)CC[C@]3(C)[C@H](CC[C@@H]4[C@@]5(C)CC[C@H](OC(=O)C(=O)OC)[C@@](C)(COC(=O)C(=O)OC)[C@@H]5CC[C@]43C)[C@@H]12. The molecule has 0 radical (unpaired) electrons. The lowest BCUT2D eigenvalue weighted by Gasteiger charge is -2.73. The number of carbonyl (C=O) groups is 6. The number of carbonyl (C=O) groups excluding carboxylic acids is 6. The second-order valence-electron chi connectivity index (χ2n) is 17.1. The Morgan fingerprint density at radius 1 is 0.608 bits per heavy atom. The average Bonchev–Trinajstić information content (AvgIpc) is 3.50. The number of ether oxygens (including phenoxy) is 6. The molecule has 11 atom stereocenters. The molecule has 0 heterocycles. The van der Waals surface area contributed by atoms with Gasteiger partial charge in [-0.05, 0) is 117 Å². The largest absolute Gasteiger partial charge is 0.461 e. The quantitative estimate of drug-likeness (QED) is 0.155. The van der Waals surface area contributed by atoms with Crippen LogP contribution in [-0.2, 0) is 57.2 Å². The van der Waals surface area contributed by atoms with Crippen molar-refractivity contribution >= 4 is 35.8 Å². The van der Waals surface area contributed by atoms with Crippen LogP contribution in [0.5, 0.6) is 0 Å². The Balaban J connectivity index is 1.48. The van der Waals surface area contributed by atoms with E-state index < -0.39 is 47.3 Å². The zero-order valence-corrected chi connectivity index (χ0v) is 31.6. The van der Waals surface area contributed by atoms with Gasteiger partial charge in [0.05, 0.1) is 27.9 Å². The van der Waals surface area contributed by atoms with Gasteiger partial charge < -0.3 is 28.4 Å². The molecule has 284 valence electrons. The van der Waals surface area contributed by atoms with Crippen LogP contribution in [0.2, 0.25) is 0 Å². The molecule has 0 aromatic heterocycles. The van der Waals surface area contributed by atoms with Crippen molar-refractivity contribution in [2.75, 3.05) is 34.5 Å². The van der Waals surface area contributed by atoms with E-state index in [-0.39, 0.29) is 58.5 Å². The summed E-state index contributed by atoms with van der Waals surface area (Å²) in [6, 6.07) is 0. The third-order valence-electron chi connectivity index (χ3n) is 15.3. The van der Waals surface area contributed by atoms with Gasteiger partial charge in [-0.1, -0.05) is 39.8 Å². The summed E-state index contributed by atoms with van der Waals surface area (Å²) in [5.74, 6) is -5.28. The van der Waals surface area contributed by atoms with Gasteiger partial charge in [0, 0.05) is 10.8 Å². The van der Waals surface area contributed by atoms with Crippen LogP contribution in [0.3, 0.4) is 0 Å². The Morgan fingerprint density at radius 2 is 1.20 bits per heavy atom. The first kappa shape index (κ1) is 38.8. The molecule has 12 heteroatoms. The summed E-state index contributed by atoms with van der Waals surface area (Å²) >= 11 is 0. The molecule has 12 nitrogen and oxygen atoms in total. The van der Waals surface area contributed by atoms with Gasteiger partial charge in [-0.3, -0.25) is 0 Å². The summed E-state index contributed by atoms with van der Waals surface area (Å²) in [6.07, 6.45) is 7.74. The van der Waals surface area contributed by atoms with Crippen LogP contribution in [0.15, 0.2) is 12.2 Å². The molecule has 0 spiro atoms. The number of hydrogen-bond donors (Lipinski definition) is 0. The summed E-state index contributed by atoms with van der Waals surface area (Å²) in [4.78, 5) is 73.8. The molecular formula is C39H56O12. The van der Waals surface area contributed by atoms with Crippen molar-refractivity contribution < 1.29 is 57.2 Å². The van der Waals surface area contributed by atoms with Crippen molar-refractivity contribution in [3.05, 3.63) is 12.2 Å². The summed E-state index contributed by atoms with van der Waals surface area (Å²) in [5.41, 5.74) is -0.366. The van der Waals surface area contributed by atoms with Crippen molar-refractivity contribution in [2.45, 2.75) is 105 Å². The molecule has 0 amide bonds. The first-order valence-corrected chi connectivity index (χ1v) is 18.3. The second kappa shape index (κ2) is 13.8. The Labute approximate surface area is 301 Å². The van der Waals surface area contributed by atoms with Crippen LogP contribution in [0.1, 0.15) is 98.8 Å². The number of hydrogen-bond acceptors (Lipinski definition) is 12. The van der Waals surface area contributed by atoms with E-state index in [9.17, 15) is 28.8 Å². The smallest absolute Gasteiger partial charge is 0.417 e. The number of allylic oxidation sites excluding steroid dienone is 1. The Hall–Kier alpha value is -3.44. The van der Waals surface area contributed by atoms with Crippen LogP contribution >= 0.6 is 0 Å². The highest BCUT2D eigenvalue weighted by Crippen LogP contribution is 2.77. The van der Waals surface area contributed by atoms with Gasteiger partial charge in [-0.15, -0.1) is 0 Å². The molecular weight excluding hydrogens is 660 g/mol. The minimum absolute atomic E-state index is 0.0512. The summed E-state index contributed by atoms with van der Waals surface area (Å²) in [7, 11) is 3.40. The Kier molecular flexibility index (Phi) is 10.5. The predicted molar refractivity (Wildman–Crippen MR) is 181 cm³/mol. The lowest BCUT2D eigenvalue weighted by atomic mass is 9.32. The van der Waals surface area contributed by atoms with Crippen LogP contribution in [0.4, 0.5) is 0 Å². The molecule has 0 bridgehead atoms. The normalized spacial score (nSPS) is 40.9. The highest BCUT2D eigenvalue weighted by atomic mass is 16.6. The maximum absolute atomic E-state index is 12.7. The van der Waals surface area contributed by atoms with Crippen LogP contribution < -0.4 is 0 Å². The average molecular weight is 717 g/mol. The monoisotopic (exact) mass is 716 g/mol. The molecule has 5 saturated carbocycles. The first-order chi connectivity index (χ1) is 23.9. The van der Waals surface area contributed by atoms with E-state index in [2.05, 4.69) is 48.5 Å². The van der Waals surface area contributed by atoms with Crippen molar-refractivity contribution in [1.29, 1.82) is 0 Å². The van der Waals surface area contributed by atoms with E-state index >= 15 is 0 Å². The topological polar surface area (TPSA) is 158 Å². The fourth-order valence-corrected chi connectivity index (χ4v) is 12.7. The maximum atomic E-state index is 12.7. The number of esters is 6. The van der Waals surface area contributed by atoms with Crippen molar-refractivity contribution in [3.63, 3.8) is 0 Å². The minimum Gasteiger partial charge on any atom is -0.461 e. The first-order valence-electron chi connectivity index (χ1n) is 18.3. The van der Waals surface area contributed by atoms with E-state index in [4.69, 9.17) is 14.2 Å². The zero-order chi connectivity index (χ0) is 37.7. The molecule has 0 unspecified atom stereocenters. The fraction of sp³-hybridized carbons (Fsp3) is 0.795. The van der Waals surface area contributed by atoms with Crippen LogP contribution in [-0.4, -0.2) is 76.5 Å². The van der Waals surface area contributed by atoms with Gasteiger partial charge >= 0.3 is 35.8 Å². The molecule has 5 fully saturated rings. The lowest BCUT2D eigenvalue weighted by Crippen LogP contribution is -2.68. The Bertz CT molecular complexity index is 1470. The third kappa shape index (κ3) is 6.06. The van der Waals surface area contributed by atoms with Gasteiger partial charge in [0.15, 0.2) is 0 Å². The van der Waals surface area contributed by atoms with Gasteiger partial charge in [0.25, 0.3) is 0 Å². The lowest BCUT2D eigenvalue weighted by molar-refractivity contribution is -0.259. The number of methoxy groups -OCH3 is 3. The highest BCUT2D eigenvalue weighted by Gasteiger charge is 2.72. The predicted octanol–water partition coefficient (Wildman–Crippen LogP) is 5.14. The summed E-state index contributed by atoms with van der Waals surface area (Å²) in [5, 5.41) is 0. The number of fused-ring (bicyclic) bond motifs is 7.